The minimum atomic E-state index is 0.0959. The largest absolute Gasteiger partial charge is 0.496 e. The van der Waals surface area contributed by atoms with Gasteiger partial charge in [0.1, 0.15) is 11.5 Å². The second kappa shape index (κ2) is 5.93. The molecule has 3 nitrogen and oxygen atoms in total. The van der Waals surface area contributed by atoms with Crippen molar-refractivity contribution in [3.63, 3.8) is 0 Å². The van der Waals surface area contributed by atoms with Crippen molar-refractivity contribution in [3.8, 4) is 5.75 Å². The van der Waals surface area contributed by atoms with Crippen molar-refractivity contribution >= 4 is 0 Å². The van der Waals surface area contributed by atoms with Gasteiger partial charge in [-0.3, -0.25) is 0 Å². The first-order valence-corrected chi connectivity index (χ1v) is 6.59. The van der Waals surface area contributed by atoms with Crippen molar-refractivity contribution in [2.75, 3.05) is 13.7 Å². The number of aryl methyl sites for hydroxylation is 2. The lowest BCUT2D eigenvalue weighted by molar-refractivity contribution is 0.403. The van der Waals surface area contributed by atoms with Crippen LogP contribution in [0.2, 0.25) is 0 Å². The number of hydrogen-bond acceptors (Lipinski definition) is 3. The molecule has 0 saturated carbocycles. The van der Waals surface area contributed by atoms with Gasteiger partial charge in [-0.05, 0) is 32.5 Å². The first-order chi connectivity index (χ1) is 9.17. The van der Waals surface area contributed by atoms with Crippen LogP contribution >= 0.6 is 0 Å². The van der Waals surface area contributed by atoms with Crippen molar-refractivity contribution in [3.05, 3.63) is 53.0 Å². The Kier molecular flexibility index (Phi) is 4.27. The van der Waals surface area contributed by atoms with Gasteiger partial charge in [0, 0.05) is 11.1 Å². The fourth-order valence-corrected chi connectivity index (χ4v) is 2.37. The molecule has 1 atom stereocenters. The van der Waals surface area contributed by atoms with Crippen LogP contribution in [0.15, 0.2) is 34.9 Å². The maximum atomic E-state index is 5.49. The van der Waals surface area contributed by atoms with Crippen molar-refractivity contribution in [1.82, 2.24) is 5.32 Å². The number of furan rings is 1. The van der Waals surface area contributed by atoms with Gasteiger partial charge in [-0.2, -0.15) is 0 Å². The summed E-state index contributed by atoms with van der Waals surface area (Å²) in [7, 11) is 1.71. The van der Waals surface area contributed by atoms with Gasteiger partial charge in [-0.15, -0.1) is 0 Å². The molecule has 0 spiro atoms. The third-order valence-corrected chi connectivity index (χ3v) is 3.31. The van der Waals surface area contributed by atoms with Crippen LogP contribution in [-0.2, 0) is 0 Å². The molecule has 3 heteroatoms. The Morgan fingerprint density at radius 2 is 2.00 bits per heavy atom. The number of rotatable bonds is 5. The van der Waals surface area contributed by atoms with Crippen molar-refractivity contribution in [2.45, 2.75) is 26.8 Å². The van der Waals surface area contributed by atoms with E-state index in [1.54, 1.807) is 13.4 Å². The van der Waals surface area contributed by atoms with Gasteiger partial charge in [0.05, 0.1) is 19.4 Å². The molecule has 0 bridgehead atoms. The summed E-state index contributed by atoms with van der Waals surface area (Å²) in [5.74, 6) is 1.84. The van der Waals surface area contributed by atoms with E-state index in [0.717, 1.165) is 29.2 Å². The maximum absolute atomic E-state index is 5.49. The van der Waals surface area contributed by atoms with Crippen LogP contribution in [0.5, 0.6) is 5.75 Å². The van der Waals surface area contributed by atoms with Crippen LogP contribution in [0.4, 0.5) is 0 Å². The van der Waals surface area contributed by atoms with Crippen LogP contribution < -0.4 is 10.1 Å². The lowest BCUT2D eigenvalue weighted by Crippen LogP contribution is -2.22. The van der Waals surface area contributed by atoms with Crippen LogP contribution in [0, 0.1) is 13.8 Å². The Balaban J connectivity index is 2.50. The molecule has 1 aromatic carbocycles. The first kappa shape index (κ1) is 13.7. The normalized spacial score (nSPS) is 12.4. The van der Waals surface area contributed by atoms with E-state index in [1.807, 2.05) is 19.1 Å². The molecule has 19 heavy (non-hydrogen) atoms. The summed E-state index contributed by atoms with van der Waals surface area (Å²) < 4.78 is 10.9. The molecule has 0 amide bonds. The van der Waals surface area contributed by atoms with Gasteiger partial charge in [0.2, 0.25) is 0 Å². The summed E-state index contributed by atoms with van der Waals surface area (Å²) in [6.07, 6.45) is 1.73. The van der Waals surface area contributed by atoms with Gasteiger partial charge >= 0.3 is 0 Å². The second-order valence-corrected chi connectivity index (χ2v) is 4.67. The van der Waals surface area contributed by atoms with E-state index in [1.165, 1.54) is 5.56 Å². The Morgan fingerprint density at radius 1 is 1.21 bits per heavy atom. The molecular weight excluding hydrogens is 238 g/mol. The minimum absolute atomic E-state index is 0.0959. The fraction of sp³-hybridized carbons (Fsp3) is 0.375. The molecule has 1 heterocycles. The summed E-state index contributed by atoms with van der Waals surface area (Å²) in [5, 5.41) is 3.50. The monoisotopic (exact) mass is 259 g/mol. The smallest absolute Gasteiger partial charge is 0.124 e. The molecule has 0 aliphatic carbocycles. The quantitative estimate of drug-likeness (QED) is 0.890. The lowest BCUT2D eigenvalue weighted by Gasteiger charge is -2.21. The van der Waals surface area contributed by atoms with Crippen molar-refractivity contribution < 1.29 is 9.15 Å². The van der Waals surface area contributed by atoms with E-state index in [-0.39, 0.29) is 6.04 Å². The summed E-state index contributed by atoms with van der Waals surface area (Å²) >= 11 is 0. The Bertz CT molecular complexity index is 545. The third kappa shape index (κ3) is 2.82. The fourth-order valence-electron chi connectivity index (χ4n) is 2.37. The molecule has 1 N–H and O–H groups in total. The first-order valence-electron chi connectivity index (χ1n) is 6.59. The topological polar surface area (TPSA) is 34.4 Å². The van der Waals surface area contributed by atoms with E-state index < -0.39 is 0 Å². The van der Waals surface area contributed by atoms with Gasteiger partial charge < -0.3 is 14.5 Å². The molecule has 102 valence electrons. The highest BCUT2D eigenvalue weighted by Crippen LogP contribution is 2.32. The minimum Gasteiger partial charge on any atom is -0.496 e. The van der Waals surface area contributed by atoms with E-state index in [9.17, 15) is 0 Å². The maximum Gasteiger partial charge on any atom is 0.124 e. The van der Waals surface area contributed by atoms with Crippen LogP contribution in [0.1, 0.15) is 35.4 Å². The highest BCUT2D eigenvalue weighted by Gasteiger charge is 2.20. The molecule has 0 radical (unpaired) electrons. The predicted octanol–water partition coefficient (Wildman–Crippen LogP) is 3.60. The molecule has 0 aliphatic rings. The highest BCUT2D eigenvalue weighted by molar-refractivity contribution is 5.44. The second-order valence-electron chi connectivity index (χ2n) is 4.67. The van der Waals surface area contributed by atoms with Gasteiger partial charge in [0.25, 0.3) is 0 Å². The molecule has 0 fully saturated rings. The number of benzene rings is 1. The van der Waals surface area contributed by atoms with E-state index in [4.69, 9.17) is 9.15 Å². The summed E-state index contributed by atoms with van der Waals surface area (Å²) in [6.45, 7) is 7.06. The number of nitrogens with one attached hydrogen (secondary N) is 1. The number of hydrogen-bond donors (Lipinski definition) is 1. The molecule has 2 rings (SSSR count). The van der Waals surface area contributed by atoms with Gasteiger partial charge in [0.15, 0.2) is 0 Å². The summed E-state index contributed by atoms with van der Waals surface area (Å²) in [5.41, 5.74) is 3.53. The SMILES string of the molecule is CCNC(c1cc(C)ccc1OC)c1ccoc1C. The van der Waals surface area contributed by atoms with E-state index in [2.05, 4.69) is 31.3 Å². The summed E-state index contributed by atoms with van der Waals surface area (Å²) in [6, 6.07) is 8.36. The number of methoxy groups -OCH3 is 1. The van der Waals surface area contributed by atoms with Crippen LogP contribution in [-0.4, -0.2) is 13.7 Å². The zero-order valence-corrected chi connectivity index (χ0v) is 12.0. The van der Waals surface area contributed by atoms with Gasteiger partial charge in [-0.25, -0.2) is 0 Å². The molecule has 0 aliphatic heterocycles. The molecule has 0 saturated heterocycles. The molecule has 1 aromatic heterocycles. The van der Waals surface area contributed by atoms with E-state index in [0.29, 0.717) is 0 Å². The van der Waals surface area contributed by atoms with Crippen LogP contribution in [0.25, 0.3) is 0 Å². The lowest BCUT2D eigenvalue weighted by atomic mass is 9.96. The van der Waals surface area contributed by atoms with Crippen molar-refractivity contribution in [1.29, 1.82) is 0 Å². The Hall–Kier alpha value is -1.74. The molecule has 1 unspecified atom stereocenters. The molecular formula is C16H21NO2. The third-order valence-electron chi connectivity index (χ3n) is 3.31. The summed E-state index contributed by atoms with van der Waals surface area (Å²) in [4.78, 5) is 0. The zero-order chi connectivity index (χ0) is 13.8. The highest BCUT2D eigenvalue weighted by atomic mass is 16.5. The average Bonchev–Trinajstić information content (AvgIpc) is 2.82. The van der Waals surface area contributed by atoms with Crippen LogP contribution in [0.3, 0.4) is 0 Å². The zero-order valence-electron chi connectivity index (χ0n) is 12.0. The van der Waals surface area contributed by atoms with E-state index >= 15 is 0 Å². The average molecular weight is 259 g/mol. The predicted molar refractivity (Wildman–Crippen MR) is 76.7 cm³/mol. The Labute approximate surface area is 114 Å². The van der Waals surface area contributed by atoms with Crippen molar-refractivity contribution in [2.24, 2.45) is 0 Å². The Morgan fingerprint density at radius 3 is 2.58 bits per heavy atom. The standard InChI is InChI=1S/C16H21NO2/c1-5-17-16(13-8-9-19-12(13)3)14-10-11(2)6-7-15(14)18-4/h6-10,16-17H,5H2,1-4H3. The number of ether oxygens (including phenoxy) is 1. The van der Waals surface area contributed by atoms with Gasteiger partial charge in [-0.1, -0.05) is 24.6 Å². The molecule has 2 aromatic rings.